The number of ether oxygens (including phenoxy) is 2. The van der Waals surface area contributed by atoms with Gasteiger partial charge in [-0.1, -0.05) is 30.3 Å². The van der Waals surface area contributed by atoms with Crippen molar-refractivity contribution in [3.8, 4) is 11.5 Å². The number of imide groups is 1. The zero-order chi connectivity index (χ0) is 18.9. The first kappa shape index (κ1) is 19.1. The number of carbonyl (C=O) groups is 2. The largest absolute Gasteiger partial charge is 0.493 e. The average Bonchev–Trinajstić information content (AvgIpc) is 2.66. The van der Waals surface area contributed by atoms with E-state index in [4.69, 9.17) is 9.47 Å². The van der Waals surface area contributed by atoms with Gasteiger partial charge in [-0.3, -0.25) is 10.1 Å². The number of hydrogen-bond acceptors (Lipinski definition) is 5. The second-order valence-corrected chi connectivity index (χ2v) is 5.41. The molecule has 3 N–H and O–H groups in total. The Hall–Kier alpha value is -3.22. The Morgan fingerprint density at radius 1 is 1.00 bits per heavy atom. The molecule has 2 aromatic carbocycles. The van der Waals surface area contributed by atoms with Crippen LogP contribution in [0.25, 0.3) is 0 Å². The summed E-state index contributed by atoms with van der Waals surface area (Å²) >= 11 is 0. The Morgan fingerprint density at radius 3 is 2.31 bits per heavy atom. The molecule has 0 unspecified atom stereocenters. The number of methoxy groups -OCH3 is 2. The highest BCUT2D eigenvalue weighted by Gasteiger charge is 2.22. The van der Waals surface area contributed by atoms with E-state index in [1.54, 1.807) is 32.2 Å². The van der Waals surface area contributed by atoms with Crippen LogP contribution in [-0.2, 0) is 4.79 Å². The summed E-state index contributed by atoms with van der Waals surface area (Å²) in [5.74, 6) is 0.659. The normalized spacial score (nSPS) is 11.2. The van der Waals surface area contributed by atoms with E-state index in [-0.39, 0.29) is 0 Å². The summed E-state index contributed by atoms with van der Waals surface area (Å²) in [5, 5.41) is 8.03. The number of rotatable bonds is 7. The van der Waals surface area contributed by atoms with Crippen molar-refractivity contribution in [1.29, 1.82) is 0 Å². The number of amides is 3. The first-order chi connectivity index (χ1) is 12.6. The predicted molar refractivity (Wildman–Crippen MR) is 99.6 cm³/mol. The van der Waals surface area contributed by atoms with E-state index < -0.39 is 18.0 Å². The number of nitrogens with one attached hydrogen (secondary N) is 3. The smallest absolute Gasteiger partial charge is 0.321 e. The zero-order valence-electron chi connectivity index (χ0n) is 15.0. The van der Waals surface area contributed by atoms with Crippen LogP contribution in [0.5, 0.6) is 11.5 Å². The SMILES string of the molecule is CCNC(=O)NC(=O)[C@@H](Nc1ccc(OC)c(OC)c1)c1ccccc1. The molecule has 0 aromatic heterocycles. The van der Waals surface area contributed by atoms with Gasteiger partial charge >= 0.3 is 6.03 Å². The summed E-state index contributed by atoms with van der Waals surface area (Å²) in [6.07, 6.45) is 0. The summed E-state index contributed by atoms with van der Waals surface area (Å²) in [5.41, 5.74) is 1.38. The van der Waals surface area contributed by atoms with E-state index in [9.17, 15) is 9.59 Å². The van der Waals surface area contributed by atoms with Crippen molar-refractivity contribution in [1.82, 2.24) is 10.6 Å². The lowest BCUT2D eigenvalue weighted by molar-refractivity contribution is -0.120. The molecule has 7 nitrogen and oxygen atoms in total. The Bertz CT molecular complexity index is 750. The standard InChI is InChI=1S/C19H23N3O4/c1-4-20-19(24)22-18(23)17(13-8-6-5-7-9-13)21-14-10-11-15(25-2)16(12-14)26-3/h5-12,17,21H,4H2,1-3H3,(H2,20,22,23,24)/t17-/m0/s1. The second-order valence-electron chi connectivity index (χ2n) is 5.41. The lowest BCUT2D eigenvalue weighted by atomic mass is 10.1. The number of urea groups is 1. The first-order valence-corrected chi connectivity index (χ1v) is 8.21. The zero-order valence-corrected chi connectivity index (χ0v) is 15.0. The van der Waals surface area contributed by atoms with Gasteiger partial charge in [-0.2, -0.15) is 0 Å². The van der Waals surface area contributed by atoms with Crippen LogP contribution in [-0.4, -0.2) is 32.7 Å². The molecular weight excluding hydrogens is 334 g/mol. The molecule has 7 heteroatoms. The molecule has 0 fully saturated rings. The van der Waals surface area contributed by atoms with Crippen molar-refractivity contribution >= 4 is 17.6 Å². The maximum atomic E-state index is 12.6. The van der Waals surface area contributed by atoms with Crippen molar-refractivity contribution in [3.63, 3.8) is 0 Å². The molecule has 0 saturated heterocycles. The van der Waals surface area contributed by atoms with Gasteiger partial charge in [0.15, 0.2) is 11.5 Å². The molecule has 0 spiro atoms. The molecule has 0 bridgehead atoms. The van der Waals surface area contributed by atoms with Crippen LogP contribution >= 0.6 is 0 Å². The molecular formula is C19H23N3O4. The van der Waals surface area contributed by atoms with E-state index in [1.165, 1.54) is 7.11 Å². The fraction of sp³-hybridized carbons (Fsp3) is 0.263. The lowest BCUT2D eigenvalue weighted by Crippen LogP contribution is -2.43. The van der Waals surface area contributed by atoms with Crippen molar-refractivity contribution in [3.05, 3.63) is 54.1 Å². The Morgan fingerprint density at radius 2 is 1.69 bits per heavy atom. The quantitative estimate of drug-likeness (QED) is 0.709. The second kappa shape index (κ2) is 9.31. The van der Waals surface area contributed by atoms with Gasteiger partial charge in [0, 0.05) is 18.3 Å². The average molecular weight is 357 g/mol. The van der Waals surface area contributed by atoms with Crippen molar-refractivity contribution in [2.45, 2.75) is 13.0 Å². The summed E-state index contributed by atoms with van der Waals surface area (Å²) < 4.78 is 10.5. The maximum Gasteiger partial charge on any atom is 0.321 e. The van der Waals surface area contributed by atoms with Gasteiger partial charge in [-0.05, 0) is 24.6 Å². The summed E-state index contributed by atoms with van der Waals surface area (Å²) in [7, 11) is 3.09. The summed E-state index contributed by atoms with van der Waals surface area (Å²) in [6.45, 7) is 2.21. The number of benzene rings is 2. The fourth-order valence-electron chi connectivity index (χ4n) is 2.43. The minimum Gasteiger partial charge on any atom is -0.493 e. The van der Waals surface area contributed by atoms with E-state index in [1.807, 2.05) is 30.3 Å². The molecule has 0 heterocycles. The molecule has 0 aliphatic carbocycles. The maximum absolute atomic E-state index is 12.6. The third-order valence-corrected chi connectivity index (χ3v) is 3.66. The summed E-state index contributed by atoms with van der Waals surface area (Å²) in [4.78, 5) is 24.3. The Kier molecular flexibility index (Phi) is 6.84. The first-order valence-electron chi connectivity index (χ1n) is 8.21. The van der Waals surface area contributed by atoms with Crippen LogP contribution < -0.4 is 25.4 Å². The predicted octanol–water partition coefficient (Wildman–Crippen LogP) is 2.70. The van der Waals surface area contributed by atoms with Crippen LogP contribution in [0.2, 0.25) is 0 Å². The molecule has 3 amide bonds. The molecule has 0 aliphatic heterocycles. The fourth-order valence-corrected chi connectivity index (χ4v) is 2.43. The van der Waals surface area contributed by atoms with Crippen molar-refractivity contribution in [2.24, 2.45) is 0 Å². The summed E-state index contributed by atoms with van der Waals surface area (Å²) in [6, 6.07) is 13.1. The topological polar surface area (TPSA) is 88.7 Å². The molecule has 138 valence electrons. The minimum atomic E-state index is -0.753. The molecule has 0 radical (unpaired) electrons. The highest BCUT2D eigenvalue weighted by molar-refractivity contribution is 5.98. The van der Waals surface area contributed by atoms with Gasteiger partial charge in [-0.15, -0.1) is 0 Å². The Balaban J connectivity index is 2.27. The van der Waals surface area contributed by atoms with Crippen LogP contribution in [0.15, 0.2) is 48.5 Å². The molecule has 1 atom stereocenters. The monoisotopic (exact) mass is 357 g/mol. The van der Waals surface area contributed by atoms with Crippen molar-refractivity contribution < 1.29 is 19.1 Å². The van der Waals surface area contributed by atoms with Gasteiger partial charge in [0.2, 0.25) is 0 Å². The van der Waals surface area contributed by atoms with E-state index in [0.29, 0.717) is 23.7 Å². The minimum absolute atomic E-state index is 0.429. The van der Waals surface area contributed by atoms with Gasteiger partial charge in [0.25, 0.3) is 5.91 Å². The van der Waals surface area contributed by atoms with E-state index in [0.717, 1.165) is 5.56 Å². The highest BCUT2D eigenvalue weighted by atomic mass is 16.5. The molecule has 2 rings (SSSR count). The number of hydrogen-bond donors (Lipinski definition) is 3. The lowest BCUT2D eigenvalue weighted by Gasteiger charge is -2.20. The number of anilines is 1. The van der Waals surface area contributed by atoms with Crippen LogP contribution in [0.4, 0.5) is 10.5 Å². The van der Waals surface area contributed by atoms with E-state index >= 15 is 0 Å². The van der Waals surface area contributed by atoms with Crippen LogP contribution in [0.1, 0.15) is 18.5 Å². The van der Waals surface area contributed by atoms with Crippen LogP contribution in [0, 0.1) is 0 Å². The van der Waals surface area contributed by atoms with Gasteiger partial charge < -0.3 is 20.1 Å². The van der Waals surface area contributed by atoms with Gasteiger partial charge in [-0.25, -0.2) is 4.79 Å². The molecule has 0 aliphatic rings. The third-order valence-electron chi connectivity index (χ3n) is 3.66. The van der Waals surface area contributed by atoms with Crippen LogP contribution in [0.3, 0.4) is 0 Å². The van der Waals surface area contributed by atoms with Gasteiger partial charge in [0.05, 0.1) is 14.2 Å². The van der Waals surface area contributed by atoms with Gasteiger partial charge in [0.1, 0.15) is 6.04 Å². The molecule has 26 heavy (non-hydrogen) atoms. The highest BCUT2D eigenvalue weighted by Crippen LogP contribution is 2.31. The van der Waals surface area contributed by atoms with E-state index in [2.05, 4.69) is 16.0 Å². The third kappa shape index (κ3) is 4.89. The Labute approximate surface area is 152 Å². The van der Waals surface area contributed by atoms with Crippen molar-refractivity contribution in [2.75, 3.05) is 26.1 Å². The molecule has 2 aromatic rings. The molecule has 0 saturated carbocycles. The number of carbonyl (C=O) groups excluding carboxylic acids is 2.